The van der Waals surface area contributed by atoms with Crippen molar-refractivity contribution >= 4 is 0 Å². The number of nitrogens with one attached hydrogen (secondary N) is 1. The topological polar surface area (TPSA) is 30.5 Å². The SMILES string of the molecule is COc1cccc(CC2(CNC3CC3)CCOC2)c1F. The molecule has 0 bridgehead atoms. The monoisotopic (exact) mass is 279 g/mol. The third-order valence-corrected chi connectivity index (χ3v) is 4.36. The Kier molecular flexibility index (Phi) is 3.94. The molecule has 1 heterocycles. The van der Waals surface area contributed by atoms with Crippen molar-refractivity contribution in [1.82, 2.24) is 5.32 Å². The Bertz CT molecular complexity index is 468. The van der Waals surface area contributed by atoms with Crippen molar-refractivity contribution in [3.05, 3.63) is 29.6 Å². The molecular weight excluding hydrogens is 257 g/mol. The number of rotatable bonds is 6. The highest BCUT2D eigenvalue weighted by Crippen LogP contribution is 2.35. The quantitative estimate of drug-likeness (QED) is 0.868. The zero-order valence-electron chi connectivity index (χ0n) is 12.0. The normalized spacial score (nSPS) is 25.9. The van der Waals surface area contributed by atoms with Crippen molar-refractivity contribution < 1.29 is 13.9 Å². The van der Waals surface area contributed by atoms with E-state index in [4.69, 9.17) is 9.47 Å². The second-order valence-corrected chi connectivity index (χ2v) is 6.07. The Morgan fingerprint density at radius 2 is 2.30 bits per heavy atom. The summed E-state index contributed by atoms with van der Waals surface area (Å²) >= 11 is 0. The predicted molar refractivity (Wildman–Crippen MR) is 75.5 cm³/mol. The maximum absolute atomic E-state index is 14.3. The second kappa shape index (κ2) is 5.70. The summed E-state index contributed by atoms with van der Waals surface area (Å²) in [5.74, 6) is 0.0967. The number of benzene rings is 1. The van der Waals surface area contributed by atoms with E-state index in [1.807, 2.05) is 12.1 Å². The second-order valence-electron chi connectivity index (χ2n) is 6.07. The smallest absolute Gasteiger partial charge is 0.168 e. The minimum Gasteiger partial charge on any atom is -0.494 e. The molecule has 110 valence electrons. The van der Waals surface area contributed by atoms with E-state index in [0.29, 0.717) is 24.8 Å². The highest BCUT2D eigenvalue weighted by molar-refractivity contribution is 5.32. The summed E-state index contributed by atoms with van der Waals surface area (Å²) in [6.45, 7) is 2.40. The van der Waals surface area contributed by atoms with Crippen LogP contribution in [0.3, 0.4) is 0 Å². The third kappa shape index (κ3) is 2.96. The molecule has 1 atom stereocenters. The highest BCUT2D eigenvalue weighted by atomic mass is 19.1. The molecule has 20 heavy (non-hydrogen) atoms. The molecule has 1 N–H and O–H groups in total. The van der Waals surface area contributed by atoms with Gasteiger partial charge in [-0.1, -0.05) is 12.1 Å². The van der Waals surface area contributed by atoms with Crippen molar-refractivity contribution in [1.29, 1.82) is 0 Å². The van der Waals surface area contributed by atoms with E-state index < -0.39 is 0 Å². The fourth-order valence-electron chi connectivity index (χ4n) is 2.89. The Hall–Kier alpha value is -1.13. The first kappa shape index (κ1) is 13.8. The number of methoxy groups -OCH3 is 1. The Balaban J connectivity index is 1.75. The first-order valence-corrected chi connectivity index (χ1v) is 7.35. The van der Waals surface area contributed by atoms with Gasteiger partial charge in [0.05, 0.1) is 13.7 Å². The zero-order chi connectivity index (χ0) is 14.0. The van der Waals surface area contributed by atoms with Gasteiger partial charge in [0.25, 0.3) is 0 Å². The van der Waals surface area contributed by atoms with E-state index in [1.54, 1.807) is 6.07 Å². The van der Waals surface area contributed by atoms with Gasteiger partial charge in [-0.2, -0.15) is 0 Å². The number of hydrogen-bond donors (Lipinski definition) is 1. The Morgan fingerprint density at radius 1 is 1.45 bits per heavy atom. The van der Waals surface area contributed by atoms with E-state index in [-0.39, 0.29) is 11.2 Å². The maximum Gasteiger partial charge on any atom is 0.168 e. The van der Waals surface area contributed by atoms with E-state index in [1.165, 1.54) is 20.0 Å². The van der Waals surface area contributed by atoms with Crippen LogP contribution in [-0.4, -0.2) is 32.9 Å². The summed E-state index contributed by atoms with van der Waals surface area (Å²) in [5.41, 5.74) is 0.753. The molecule has 1 aromatic rings. The van der Waals surface area contributed by atoms with Crippen molar-refractivity contribution in [2.75, 3.05) is 26.9 Å². The van der Waals surface area contributed by atoms with E-state index >= 15 is 0 Å². The van der Waals surface area contributed by atoms with Crippen LogP contribution in [0.4, 0.5) is 4.39 Å². The lowest BCUT2D eigenvalue weighted by Gasteiger charge is -2.28. The number of halogens is 1. The van der Waals surface area contributed by atoms with Crippen LogP contribution in [0.2, 0.25) is 0 Å². The lowest BCUT2D eigenvalue weighted by Crippen LogP contribution is -2.38. The average molecular weight is 279 g/mol. The maximum atomic E-state index is 14.3. The molecule has 1 aliphatic carbocycles. The summed E-state index contributed by atoms with van der Waals surface area (Å²) in [6, 6.07) is 6.05. The van der Waals surface area contributed by atoms with Crippen LogP contribution in [0.5, 0.6) is 5.75 Å². The van der Waals surface area contributed by atoms with Crippen molar-refractivity contribution in [3.63, 3.8) is 0 Å². The molecule has 0 spiro atoms. The first-order chi connectivity index (χ1) is 9.72. The third-order valence-electron chi connectivity index (χ3n) is 4.36. The average Bonchev–Trinajstić information content (AvgIpc) is 3.19. The summed E-state index contributed by atoms with van der Waals surface area (Å²) in [7, 11) is 1.51. The molecule has 2 fully saturated rings. The van der Waals surface area contributed by atoms with Gasteiger partial charge >= 0.3 is 0 Å². The minimum absolute atomic E-state index is 0.0236. The molecule has 2 aliphatic rings. The molecule has 3 rings (SSSR count). The summed E-state index contributed by atoms with van der Waals surface area (Å²) in [5, 5.41) is 3.57. The number of hydrogen-bond acceptors (Lipinski definition) is 3. The Labute approximate surface area is 119 Å². The van der Waals surface area contributed by atoms with Crippen LogP contribution in [0.15, 0.2) is 18.2 Å². The molecule has 1 saturated heterocycles. The van der Waals surface area contributed by atoms with E-state index in [9.17, 15) is 4.39 Å². The fourth-order valence-corrected chi connectivity index (χ4v) is 2.89. The molecule has 0 aromatic heterocycles. The first-order valence-electron chi connectivity index (χ1n) is 7.35. The minimum atomic E-state index is -0.229. The van der Waals surface area contributed by atoms with Crippen LogP contribution in [0.25, 0.3) is 0 Å². The molecule has 3 nitrogen and oxygen atoms in total. The lowest BCUT2D eigenvalue weighted by molar-refractivity contribution is 0.148. The van der Waals surface area contributed by atoms with Gasteiger partial charge in [-0.25, -0.2) is 4.39 Å². The van der Waals surface area contributed by atoms with Crippen molar-refractivity contribution in [2.45, 2.75) is 31.7 Å². The summed E-state index contributed by atoms with van der Waals surface area (Å²) in [4.78, 5) is 0. The van der Waals surface area contributed by atoms with Gasteiger partial charge in [0.15, 0.2) is 11.6 Å². The largest absolute Gasteiger partial charge is 0.494 e. The molecular formula is C16H22FNO2. The fraction of sp³-hybridized carbons (Fsp3) is 0.625. The molecule has 1 aromatic carbocycles. The van der Waals surface area contributed by atoms with Crippen LogP contribution >= 0.6 is 0 Å². The van der Waals surface area contributed by atoms with Gasteiger partial charge in [0.1, 0.15) is 0 Å². The van der Waals surface area contributed by atoms with Gasteiger partial charge in [0.2, 0.25) is 0 Å². The molecule has 0 amide bonds. The van der Waals surface area contributed by atoms with Crippen LogP contribution in [-0.2, 0) is 11.2 Å². The van der Waals surface area contributed by atoms with Crippen LogP contribution < -0.4 is 10.1 Å². The van der Waals surface area contributed by atoms with Gasteiger partial charge in [-0.15, -0.1) is 0 Å². The van der Waals surface area contributed by atoms with Gasteiger partial charge < -0.3 is 14.8 Å². The Morgan fingerprint density at radius 3 is 2.95 bits per heavy atom. The predicted octanol–water partition coefficient (Wildman–Crippen LogP) is 2.54. The standard InChI is InChI=1S/C16H22FNO2/c1-19-14-4-2-3-12(15(14)17)9-16(7-8-20-11-16)10-18-13-5-6-13/h2-4,13,18H,5-11H2,1H3. The molecule has 1 saturated carbocycles. The van der Waals surface area contributed by atoms with Crippen LogP contribution in [0, 0.1) is 11.2 Å². The lowest BCUT2D eigenvalue weighted by atomic mass is 9.80. The molecule has 0 radical (unpaired) electrons. The molecule has 1 aliphatic heterocycles. The van der Waals surface area contributed by atoms with E-state index in [2.05, 4.69) is 5.32 Å². The molecule has 4 heteroatoms. The summed E-state index contributed by atoms with van der Waals surface area (Å²) < 4.78 is 25.0. The van der Waals surface area contributed by atoms with E-state index in [0.717, 1.165) is 25.1 Å². The van der Waals surface area contributed by atoms with Gasteiger partial charge in [0, 0.05) is 24.6 Å². The van der Waals surface area contributed by atoms with Crippen molar-refractivity contribution in [2.24, 2.45) is 5.41 Å². The zero-order valence-corrected chi connectivity index (χ0v) is 12.0. The highest BCUT2D eigenvalue weighted by Gasteiger charge is 2.37. The van der Waals surface area contributed by atoms with Crippen molar-refractivity contribution in [3.8, 4) is 5.75 Å². The number of ether oxygens (including phenoxy) is 2. The van der Waals surface area contributed by atoms with Gasteiger partial charge in [-0.3, -0.25) is 0 Å². The van der Waals surface area contributed by atoms with Crippen LogP contribution in [0.1, 0.15) is 24.8 Å². The molecule has 1 unspecified atom stereocenters. The van der Waals surface area contributed by atoms with Gasteiger partial charge in [-0.05, 0) is 37.3 Å². The summed E-state index contributed by atoms with van der Waals surface area (Å²) in [6.07, 6.45) is 4.23.